The van der Waals surface area contributed by atoms with E-state index >= 15 is 0 Å². The van der Waals surface area contributed by atoms with Crippen molar-refractivity contribution in [2.45, 2.75) is 13.5 Å². The Balaban J connectivity index is 1.72. The van der Waals surface area contributed by atoms with E-state index in [1.807, 2.05) is 42.5 Å². The van der Waals surface area contributed by atoms with Crippen molar-refractivity contribution in [3.63, 3.8) is 0 Å². The molecule has 4 heteroatoms. The summed E-state index contributed by atoms with van der Waals surface area (Å²) >= 11 is 5.99. The second-order valence-corrected chi connectivity index (χ2v) is 5.23. The molecule has 3 aromatic rings. The van der Waals surface area contributed by atoms with Crippen LogP contribution in [0.5, 0.6) is 0 Å². The maximum atomic E-state index is 5.99. The fourth-order valence-corrected chi connectivity index (χ4v) is 2.30. The van der Waals surface area contributed by atoms with Crippen molar-refractivity contribution in [2.24, 2.45) is 0 Å². The van der Waals surface area contributed by atoms with Gasteiger partial charge in [0.15, 0.2) is 5.76 Å². The molecular weight excluding hydrogens is 284 g/mol. The Morgan fingerprint density at radius 1 is 1.14 bits per heavy atom. The number of para-hydroxylation sites is 1. The van der Waals surface area contributed by atoms with Gasteiger partial charge in [-0.25, -0.2) is 4.98 Å². The highest BCUT2D eigenvalue weighted by Crippen LogP contribution is 2.24. The van der Waals surface area contributed by atoms with Crippen molar-refractivity contribution in [1.82, 2.24) is 4.98 Å². The van der Waals surface area contributed by atoms with Gasteiger partial charge in [-0.05, 0) is 30.7 Å². The lowest BCUT2D eigenvalue weighted by Gasteiger charge is -2.06. The van der Waals surface area contributed by atoms with E-state index in [0.717, 1.165) is 17.0 Å². The van der Waals surface area contributed by atoms with Crippen LogP contribution in [0.1, 0.15) is 11.5 Å². The number of rotatable bonds is 4. The summed E-state index contributed by atoms with van der Waals surface area (Å²) in [6.07, 6.45) is 1.72. The zero-order chi connectivity index (χ0) is 14.7. The van der Waals surface area contributed by atoms with Crippen LogP contribution < -0.4 is 5.32 Å². The average Bonchev–Trinajstić information content (AvgIpc) is 2.95. The SMILES string of the molecule is Cc1ccccc1NCc1ncc(-c2cccc(Cl)c2)o1. The topological polar surface area (TPSA) is 38.1 Å². The number of benzene rings is 2. The van der Waals surface area contributed by atoms with Gasteiger partial charge in [-0.3, -0.25) is 0 Å². The van der Waals surface area contributed by atoms with Crippen molar-refractivity contribution >= 4 is 17.3 Å². The number of hydrogen-bond acceptors (Lipinski definition) is 3. The molecule has 0 saturated carbocycles. The average molecular weight is 299 g/mol. The summed E-state index contributed by atoms with van der Waals surface area (Å²) < 4.78 is 5.75. The van der Waals surface area contributed by atoms with Gasteiger partial charge in [-0.15, -0.1) is 0 Å². The first-order chi connectivity index (χ1) is 10.2. The summed E-state index contributed by atoms with van der Waals surface area (Å²) in [5, 5.41) is 4.01. The van der Waals surface area contributed by atoms with E-state index in [1.54, 1.807) is 6.20 Å². The first kappa shape index (κ1) is 13.7. The monoisotopic (exact) mass is 298 g/mol. The molecule has 0 fully saturated rings. The molecule has 106 valence electrons. The van der Waals surface area contributed by atoms with Gasteiger partial charge >= 0.3 is 0 Å². The third-order valence-electron chi connectivity index (χ3n) is 3.24. The lowest BCUT2D eigenvalue weighted by molar-refractivity contribution is 0.516. The highest BCUT2D eigenvalue weighted by Gasteiger charge is 2.07. The Kier molecular flexibility index (Phi) is 3.93. The molecule has 0 bridgehead atoms. The molecule has 1 heterocycles. The lowest BCUT2D eigenvalue weighted by atomic mass is 10.2. The Labute approximate surface area is 128 Å². The Morgan fingerprint density at radius 3 is 2.81 bits per heavy atom. The van der Waals surface area contributed by atoms with Crippen LogP contribution in [-0.4, -0.2) is 4.98 Å². The highest BCUT2D eigenvalue weighted by atomic mass is 35.5. The fourth-order valence-electron chi connectivity index (χ4n) is 2.11. The third-order valence-corrected chi connectivity index (χ3v) is 3.47. The number of nitrogens with one attached hydrogen (secondary N) is 1. The summed E-state index contributed by atoms with van der Waals surface area (Å²) in [7, 11) is 0. The van der Waals surface area contributed by atoms with Crippen molar-refractivity contribution in [3.8, 4) is 11.3 Å². The molecular formula is C17H15ClN2O. The first-order valence-electron chi connectivity index (χ1n) is 6.72. The zero-order valence-electron chi connectivity index (χ0n) is 11.6. The Hall–Kier alpha value is -2.26. The van der Waals surface area contributed by atoms with Crippen LogP contribution in [0.2, 0.25) is 5.02 Å². The number of anilines is 1. The van der Waals surface area contributed by atoms with E-state index in [2.05, 4.69) is 23.3 Å². The standard InChI is InChI=1S/C17H15ClN2O/c1-12-5-2-3-8-15(12)19-11-17-20-10-16(21-17)13-6-4-7-14(18)9-13/h2-10,19H,11H2,1H3. The lowest BCUT2D eigenvalue weighted by Crippen LogP contribution is -2.00. The van der Waals surface area contributed by atoms with Crippen molar-refractivity contribution < 1.29 is 4.42 Å². The number of nitrogens with zero attached hydrogens (tertiary/aromatic N) is 1. The number of aryl methyl sites for hydroxylation is 1. The summed E-state index contributed by atoms with van der Waals surface area (Å²) in [5.74, 6) is 1.37. The predicted octanol–water partition coefficient (Wildman–Crippen LogP) is 4.92. The molecule has 1 aromatic heterocycles. The molecule has 0 atom stereocenters. The van der Waals surface area contributed by atoms with Gasteiger partial charge in [0.05, 0.1) is 12.7 Å². The second kappa shape index (κ2) is 6.02. The van der Waals surface area contributed by atoms with Crippen molar-refractivity contribution in [2.75, 3.05) is 5.32 Å². The molecule has 21 heavy (non-hydrogen) atoms. The van der Waals surface area contributed by atoms with Crippen molar-refractivity contribution in [1.29, 1.82) is 0 Å². The van der Waals surface area contributed by atoms with Gasteiger partial charge in [0, 0.05) is 16.3 Å². The molecule has 0 saturated heterocycles. The van der Waals surface area contributed by atoms with Crippen LogP contribution in [0, 0.1) is 6.92 Å². The van der Waals surface area contributed by atoms with Crippen LogP contribution in [0.4, 0.5) is 5.69 Å². The molecule has 0 spiro atoms. The molecule has 0 aliphatic carbocycles. The predicted molar refractivity (Wildman–Crippen MR) is 85.5 cm³/mol. The van der Waals surface area contributed by atoms with Crippen LogP contribution in [0.25, 0.3) is 11.3 Å². The Morgan fingerprint density at radius 2 is 2.00 bits per heavy atom. The fraction of sp³-hybridized carbons (Fsp3) is 0.118. The molecule has 1 N–H and O–H groups in total. The van der Waals surface area contributed by atoms with E-state index in [-0.39, 0.29) is 0 Å². The van der Waals surface area contributed by atoms with Gasteiger partial charge in [0.2, 0.25) is 5.89 Å². The number of oxazole rings is 1. The minimum absolute atomic E-state index is 0.547. The molecule has 2 aromatic carbocycles. The molecule has 0 amide bonds. The van der Waals surface area contributed by atoms with E-state index in [0.29, 0.717) is 17.5 Å². The normalized spacial score (nSPS) is 10.6. The summed E-state index contributed by atoms with van der Waals surface area (Å²) in [5.41, 5.74) is 3.20. The third kappa shape index (κ3) is 3.26. The number of halogens is 1. The van der Waals surface area contributed by atoms with Crippen LogP contribution >= 0.6 is 11.6 Å². The zero-order valence-corrected chi connectivity index (χ0v) is 12.4. The minimum atomic E-state index is 0.547. The van der Waals surface area contributed by atoms with Gasteiger partial charge in [0.1, 0.15) is 0 Å². The first-order valence-corrected chi connectivity index (χ1v) is 7.10. The quantitative estimate of drug-likeness (QED) is 0.743. The van der Waals surface area contributed by atoms with Gasteiger partial charge < -0.3 is 9.73 Å². The molecule has 0 aliphatic heterocycles. The smallest absolute Gasteiger partial charge is 0.214 e. The molecule has 0 aliphatic rings. The van der Waals surface area contributed by atoms with E-state index in [9.17, 15) is 0 Å². The van der Waals surface area contributed by atoms with E-state index < -0.39 is 0 Å². The Bertz CT molecular complexity index is 752. The number of hydrogen-bond donors (Lipinski definition) is 1. The summed E-state index contributed by atoms with van der Waals surface area (Å²) in [6, 6.07) is 15.7. The molecule has 3 nitrogen and oxygen atoms in total. The van der Waals surface area contributed by atoms with Crippen molar-refractivity contribution in [3.05, 3.63) is 71.2 Å². The second-order valence-electron chi connectivity index (χ2n) is 4.80. The largest absolute Gasteiger partial charge is 0.439 e. The summed E-state index contributed by atoms with van der Waals surface area (Å²) in [6.45, 7) is 2.61. The molecule has 3 rings (SSSR count). The van der Waals surface area contributed by atoms with Crippen LogP contribution in [-0.2, 0) is 6.54 Å². The summed E-state index contributed by atoms with van der Waals surface area (Å²) in [4.78, 5) is 4.29. The van der Waals surface area contributed by atoms with Gasteiger partial charge in [0.25, 0.3) is 0 Å². The minimum Gasteiger partial charge on any atom is -0.439 e. The maximum Gasteiger partial charge on any atom is 0.214 e. The van der Waals surface area contributed by atoms with E-state index in [1.165, 1.54) is 5.56 Å². The molecule has 0 radical (unpaired) electrons. The van der Waals surface area contributed by atoms with Crippen LogP contribution in [0.15, 0.2) is 59.1 Å². The number of aromatic nitrogens is 1. The highest BCUT2D eigenvalue weighted by molar-refractivity contribution is 6.30. The van der Waals surface area contributed by atoms with Gasteiger partial charge in [-0.2, -0.15) is 0 Å². The van der Waals surface area contributed by atoms with Gasteiger partial charge in [-0.1, -0.05) is 41.9 Å². The van der Waals surface area contributed by atoms with E-state index in [4.69, 9.17) is 16.0 Å². The maximum absolute atomic E-state index is 5.99. The van der Waals surface area contributed by atoms with Crippen LogP contribution in [0.3, 0.4) is 0 Å². The molecule has 0 unspecified atom stereocenters.